The zero-order valence-electron chi connectivity index (χ0n) is 15.0. The molecule has 0 unspecified atom stereocenters. The molecule has 0 aliphatic carbocycles. The summed E-state index contributed by atoms with van der Waals surface area (Å²) in [6, 6.07) is 5.85. The van der Waals surface area contributed by atoms with Crippen LogP contribution in [-0.4, -0.2) is 27.7 Å². The summed E-state index contributed by atoms with van der Waals surface area (Å²) in [6.07, 6.45) is 7.29. The van der Waals surface area contributed by atoms with Gasteiger partial charge in [0.05, 0.1) is 17.3 Å². The first kappa shape index (κ1) is 17.2. The number of aryl methyl sites for hydroxylation is 1. The van der Waals surface area contributed by atoms with E-state index in [9.17, 15) is 4.79 Å². The van der Waals surface area contributed by atoms with Crippen molar-refractivity contribution in [2.45, 2.75) is 38.0 Å². The lowest BCUT2D eigenvalue weighted by Gasteiger charge is -2.27. The SMILES string of the molecule is CCc1ccc2occ(CN3CCc4nc(SC)ncc4C3)c(=O)c2c1. The number of benzene rings is 1. The highest BCUT2D eigenvalue weighted by atomic mass is 32.2. The normalized spacial score (nSPS) is 14.5. The highest BCUT2D eigenvalue weighted by Crippen LogP contribution is 2.21. The molecule has 1 aromatic carbocycles. The van der Waals surface area contributed by atoms with E-state index in [1.54, 1.807) is 18.0 Å². The van der Waals surface area contributed by atoms with Gasteiger partial charge < -0.3 is 4.42 Å². The molecular weight excluding hydrogens is 346 g/mol. The van der Waals surface area contributed by atoms with E-state index >= 15 is 0 Å². The summed E-state index contributed by atoms with van der Waals surface area (Å²) in [5.41, 5.74) is 4.84. The van der Waals surface area contributed by atoms with E-state index in [4.69, 9.17) is 4.42 Å². The van der Waals surface area contributed by atoms with Gasteiger partial charge in [0.25, 0.3) is 0 Å². The first-order valence-electron chi connectivity index (χ1n) is 8.82. The monoisotopic (exact) mass is 367 g/mol. The van der Waals surface area contributed by atoms with Gasteiger partial charge in [-0.25, -0.2) is 9.97 Å². The largest absolute Gasteiger partial charge is 0.464 e. The summed E-state index contributed by atoms with van der Waals surface area (Å²) in [4.78, 5) is 24.1. The molecule has 0 radical (unpaired) electrons. The van der Waals surface area contributed by atoms with Crippen molar-refractivity contribution in [3.8, 4) is 0 Å². The molecule has 0 saturated carbocycles. The predicted molar refractivity (Wildman–Crippen MR) is 103 cm³/mol. The van der Waals surface area contributed by atoms with Crippen LogP contribution >= 0.6 is 11.8 Å². The first-order valence-corrected chi connectivity index (χ1v) is 10.0. The van der Waals surface area contributed by atoms with Gasteiger partial charge in [0.15, 0.2) is 10.6 Å². The van der Waals surface area contributed by atoms with Crippen molar-refractivity contribution in [1.29, 1.82) is 0 Å². The maximum atomic E-state index is 12.9. The number of aromatic nitrogens is 2. The van der Waals surface area contributed by atoms with Crippen LogP contribution in [0.3, 0.4) is 0 Å². The van der Waals surface area contributed by atoms with Crippen molar-refractivity contribution in [1.82, 2.24) is 14.9 Å². The molecule has 2 aromatic heterocycles. The topological polar surface area (TPSA) is 59.2 Å². The van der Waals surface area contributed by atoms with Crippen LogP contribution in [0.2, 0.25) is 0 Å². The van der Waals surface area contributed by atoms with Crippen molar-refractivity contribution >= 4 is 22.7 Å². The van der Waals surface area contributed by atoms with Gasteiger partial charge in [-0.1, -0.05) is 24.8 Å². The third kappa shape index (κ3) is 3.27. The van der Waals surface area contributed by atoms with Crippen molar-refractivity contribution < 1.29 is 4.42 Å². The molecule has 5 nitrogen and oxygen atoms in total. The van der Waals surface area contributed by atoms with E-state index in [0.717, 1.165) is 47.9 Å². The molecule has 0 bridgehead atoms. The Morgan fingerprint density at radius 2 is 2.23 bits per heavy atom. The van der Waals surface area contributed by atoms with E-state index in [-0.39, 0.29) is 5.43 Å². The number of hydrogen-bond acceptors (Lipinski definition) is 6. The zero-order chi connectivity index (χ0) is 18.1. The van der Waals surface area contributed by atoms with Crippen LogP contribution in [0.25, 0.3) is 11.0 Å². The van der Waals surface area contributed by atoms with Crippen molar-refractivity contribution in [3.63, 3.8) is 0 Å². The van der Waals surface area contributed by atoms with E-state index in [1.165, 1.54) is 0 Å². The maximum Gasteiger partial charge on any atom is 0.197 e. The number of fused-ring (bicyclic) bond motifs is 2. The van der Waals surface area contributed by atoms with Crippen molar-refractivity contribution in [3.05, 3.63) is 63.3 Å². The van der Waals surface area contributed by atoms with Crippen LogP contribution < -0.4 is 5.43 Å². The van der Waals surface area contributed by atoms with Crippen molar-refractivity contribution in [2.24, 2.45) is 0 Å². The molecule has 1 aliphatic heterocycles. The molecular formula is C20H21N3O2S. The Morgan fingerprint density at radius 1 is 1.35 bits per heavy atom. The first-order chi connectivity index (χ1) is 12.7. The summed E-state index contributed by atoms with van der Waals surface area (Å²) in [7, 11) is 0. The van der Waals surface area contributed by atoms with E-state index in [2.05, 4.69) is 21.8 Å². The Hall–Kier alpha value is -2.18. The molecule has 4 rings (SSSR count). The van der Waals surface area contributed by atoms with Crippen molar-refractivity contribution in [2.75, 3.05) is 12.8 Å². The van der Waals surface area contributed by atoms with Gasteiger partial charge in [0, 0.05) is 43.4 Å². The second-order valence-electron chi connectivity index (χ2n) is 6.56. The molecule has 0 N–H and O–H groups in total. The molecule has 0 fully saturated rings. The smallest absolute Gasteiger partial charge is 0.197 e. The molecule has 0 saturated heterocycles. The summed E-state index contributed by atoms with van der Waals surface area (Å²) in [5, 5.41) is 1.49. The molecule has 1 aliphatic rings. The van der Waals surface area contributed by atoms with Gasteiger partial charge in [-0.2, -0.15) is 0 Å². The number of thioether (sulfide) groups is 1. The quantitative estimate of drug-likeness (QED) is 0.520. The van der Waals surface area contributed by atoms with Gasteiger partial charge in [-0.15, -0.1) is 0 Å². The maximum absolute atomic E-state index is 12.9. The number of rotatable bonds is 4. The second-order valence-corrected chi connectivity index (χ2v) is 7.34. The molecule has 134 valence electrons. The summed E-state index contributed by atoms with van der Waals surface area (Å²) >= 11 is 1.56. The lowest BCUT2D eigenvalue weighted by Crippen LogP contribution is -2.32. The van der Waals surface area contributed by atoms with Crippen LogP contribution in [0.5, 0.6) is 0 Å². The molecule has 3 heterocycles. The summed E-state index contributed by atoms with van der Waals surface area (Å²) in [6.45, 7) is 4.31. The van der Waals surface area contributed by atoms with Gasteiger partial charge in [-0.3, -0.25) is 9.69 Å². The lowest BCUT2D eigenvalue weighted by molar-refractivity contribution is 0.240. The van der Waals surface area contributed by atoms with Crippen LogP contribution in [0.1, 0.15) is 29.3 Å². The summed E-state index contributed by atoms with van der Waals surface area (Å²) < 4.78 is 5.71. The highest BCUT2D eigenvalue weighted by Gasteiger charge is 2.20. The summed E-state index contributed by atoms with van der Waals surface area (Å²) in [5.74, 6) is 0. The standard InChI is InChI=1S/C20H21N3O2S/c1-3-13-4-5-18-16(8-13)19(24)15(12-25-18)11-23-7-6-17-14(10-23)9-21-20(22-17)26-2/h4-5,8-9,12H,3,6-7,10-11H2,1-2H3. The zero-order valence-corrected chi connectivity index (χ0v) is 15.8. The van der Waals surface area contributed by atoms with Crippen LogP contribution in [0.15, 0.2) is 45.0 Å². The molecule has 0 atom stereocenters. The fourth-order valence-electron chi connectivity index (χ4n) is 3.38. The Labute approximate surface area is 156 Å². The average Bonchev–Trinajstić information content (AvgIpc) is 2.69. The fraction of sp³-hybridized carbons (Fsp3) is 0.350. The Balaban J connectivity index is 1.59. The van der Waals surface area contributed by atoms with E-state index < -0.39 is 0 Å². The van der Waals surface area contributed by atoms with Crippen LogP contribution in [0, 0.1) is 0 Å². The Kier molecular flexibility index (Phi) is 4.78. The fourth-order valence-corrected chi connectivity index (χ4v) is 3.74. The molecule has 0 amide bonds. The third-order valence-corrected chi connectivity index (χ3v) is 5.45. The minimum absolute atomic E-state index is 0.0707. The second kappa shape index (κ2) is 7.21. The van der Waals surface area contributed by atoms with Gasteiger partial charge in [-0.05, 0) is 30.4 Å². The third-order valence-electron chi connectivity index (χ3n) is 4.88. The van der Waals surface area contributed by atoms with Gasteiger partial charge in [0.1, 0.15) is 5.58 Å². The average molecular weight is 367 g/mol. The lowest BCUT2D eigenvalue weighted by atomic mass is 10.1. The van der Waals surface area contributed by atoms with E-state index in [1.807, 2.05) is 30.7 Å². The van der Waals surface area contributed by atoms with Crippen LogP contribution in [0.4, 0.5) is 0 Å². The van der Waals surface area contributed by atoms with Gasteiger partial charge >= 0.3 is 0 Å². The number of hydrogen-bond donors (Lipinski definition) is 0. The van der Waals surface area contributed by atoms with E-state index in [0.29, 0.717) is 23.1 Å². The van der Waals surface area contributed by atoms with Crippen LogP contribution in [-0.2, 0) is 25.9 Å². The molecule has 3 aromatic rings. The minimum Gasteiger partial charge on any atom is -0.464 e. The predicted octanol–water partition coefficient (Wildman–Crippen LogP) is 3.43. The minimum atomic E-state index is 0.0707. The molecule has 6 heteroatoms. The van der Waals surface area contributed by atoms with Gasteiger partial charge in [0.2, 0.25) is 0 Å². The Morgan fingerprint density at radius 3 is 3.04 bits per heavy atom. The Bertz CT molecular complexity index is 1020. The molecule has 0 spiro atoms. The highest BCUT2D eigenvalue weighted by molar-refractivity contribution is 7.98. The number of nitrogens with zero attached hydrogens (tertiary/aromatic N) is 3. The molecule has 26 heavy (non-hydrogen) atoms.